The van der Waals surface area contributed by atoms with Crippen LogP contribution in [0.25, 0.3) is 10.9 Å². The third-order valence-corrected chi connectivity index (χ3v) is 2.75. The highest BCUT2D eigenvalue weighted by Crippen LogP contribution is 2.22. The first-order chi connectivity index (χ1) is 6.76. The van der Waals surface area contributed by atoms with Gasteiger partial charge in [0.05, 0.1) is 0 Å². The minimum atomic E-state index is 0.619. The summed E-state index contributed by atoms with van der Waals surface area (Å²) in [7, 11) is 2.09. The molecule has 1 aromatic carbocycles. The van der Waals surface area contributed by atoms with Crippen molar-refractivity contribution in [2.75, 3.05) is 0 Å². The van der Waals surface area contributed by atoms with E-state index in [1.54, 1.807) is 0 Å². The molecule has 0 saturated carbocycles. The van der Waals surface area contributed by atoms with Crippen LogP contribution < -0.4 is 5.73 Å². The molecule has 0 aliphatic carbocycles. The number of hydrogen-bond acceptors (Lipinski definition) is 1. The van der Waals surface area contributed by atoms with Gasteiger partial charge < -0.3 is 10.3 Å². The van der Waals surface area contributed by atoms with Crippen molar-refractivity contribution in [1.82, 2.24) is 4.57 Å². The monoisotopic (exact) mass is 188 g/mol. The first kappa shape index (κ1) is 9.28. The van der Waals surface area contributed by atoms with Crippen LogP contribution in [0.15, 0.2) is 24.4 Å². The highest BCUT2D eigenvalue weighted by Gasteiger charge is 2.04. The van der Waals surface area contributed by atoms with E-state index in [1.165, 1.54) is 22.0 Å². The van der Waals surface area contributed by atoms with Crippen LogP contribution in [0.4, 0.5) is 0 Å². The molecule has 0 aliphatic rings. The van der Waals surface area contributed by atoms with Gasteiger partial charge in [-0.05, 0) is 29.7 Å². The molecule has 2 rings (SSSR count). The van der Waals surface area contributed by atoms with Crippen LogP contribution in [-0.2, 0) is 20.0 Å². The Morgan fingerprint density at radius 2 is 2.14 bits per heavy atom. The molecule has 0 fully saturated rings. The van der Waals surface area contributed by atoms with Crippen molar-refractivity contribution in [2.45, 2.75) is 19.9 Å². The molecule has 0 aliphatic heterocycles. The van der Waals surface area contributed by atoms with Gasteiger partial charge >= 0.3 is 0 Å². The largest absolute Gasteiger partial charge is 0.350 e. The van der Waals surface area contributed by atoms with E-state index in [-0.39, 0.29) is 0 Å². The summed E-state index contributed by atoms with van der Waals surface area (Å²) >= 11 is 0. The van der Waals surface area contributed by atoms with E-state index < -0.39 is 0 Å². The molecule has 0 unspecified atom stereocenters. The predicted molar refractivity (Wildman–Crippen MR) is 60.2 cm³/mol. The number of fused-ring (bicyclic) bond motifs is 1. The van der Waals surface area contributed by atoms with Crippen LogP contribution in [0, 0.1) is 0 Å². The third-order valence-electron chi connectivity index (χ3n) is 2.75. The second kappa shape index (κ2) is 3.46. The van der Waals surface area contributed by atoms with Crippen LogP contribution in [0.5, 0.6) is 0 Å². The fraction of sp³-hybridized carbons (Fsp3) is 0.333. The third kappa shape index (κ3) is 1.32. The van der Waals surface area contributed by atoms with Crippen molar-refractivity contribution >= 4 is 10.9 Å². The van der Waals surface area contributed by atoms with Crippen LogP contribution in [0.3, 0.4) is 0 Å². The van der Waals surface area contributed by atoms with Crippen molar-refractivity contribution in [3.8, 4) is 0 Å². The van der Waals surface area contributed by atoms with E-state index in [0.717, 1.165) is 6.42 Å². The number of hydrogen-bond donors (Lipinski definition) is 1. The lowest BCUT2D eigenvalue weighted by Gasteiger charge is -1.99. The SMILES string of the molecule is CCc1cn(C)c2ccc(CN)cc12. The van der Waals surface area contributed by atoms with Gasteiger partial charge in [-0.25, -0.2) is 0 Å². The van der Waals surface area contributed by atoms with Crippen molar-refractivity contribution < 1.29 is 0 Å². The maximum Gasteiger partial charge on any atom is 0.0480 e. The summed E-state index contributed by atoms with van der Waals surface area (Å²) in [6.45, 7) is 2.80. The number of nitrogens with two attached hydrogens (primary N) is 1. The van der Waals surface area contributed by atoms with E-state index in [4.69, 9.17) is 5.73 Å². The topological polar surface area (TPSA) is 30.9 Å². The summed E-state index contributed by atoms with van der Waals surface area (Å²) in [5.74, 6) is 0. The normalized spacial score (nSPS) is 11.1. The first-order valence-corrected chi connectivity index (χ1v) is 5.03. The Kier molecular flexibility index (Phi) is 2.30. The van der Waals surface area contributed by atoms with Gasteiger partial charge in [-0.2, -0.15) is 0 Å². The minimum Gasteiger partial charge on any atom is -0.350 e. The Morgan fingerprint density at radius 1 is 1.36 bits per heavy atom. The summed E-state index contributed by atoms with van der Waals surface area (Å²) in [5, 5.41) is 1.35. The van der Waals surface area contributed by atoms with Gasteiger partial charge in [-0.15, -0.1) is 0 Å². The molecule has 0 amide bonds. The van der Waals surface area contributed by atoms with E-state index in [0.29, 0.717) is 6.54 Å². The lowest BCUT2D eigenvalue weighted by molar-refractivity contribution is 0.954. The van der Waals surface area contributed by atoms with Crippen molar-refractivity contribution in [3.63, 3.8) is 0 Å². The van der Waals surface area contributed by atoms with Gasteiger partial charge in [0.15, 0.2) is 0 Å². The average molecular weight is 188 g/mol. The zero-order valence-electron chi connectivity index (χ0n) is 8.75. The molecular formula is C12H16N2. The highest BCUT2D eigenvalue weighted by atomic mass is 14.9. The van der Waals surface area contributed by atoms with Crippen molar-refractivity contribution in [2.24, 2.45) is 12.8 Å². The lowest BCUT2D eigenvalue weighted by atomic mass is 10.1. The maximum absolute atomic E-state index is 5.63. The summed E-state index contributed by atoms with van der Waals surface area (Å²) in [4.78, 5) is 0. The number of benzene rings is 1. The Hall–Kier alpha value is -1.28. The van der Waals surface area contributed by atoms with Gasteiger partial charge in [0.25, 0.3) is 0 Å². The minimum absolute atomic E-state index is 0.619. The fourth-order valence-electron chi connectivity index (χ4n) is 1.93. The molecular weight excluding hydrogens is 172 g/mol. The molecule has 0 radical (unpaired) electrons. The number of aryl methyl sites for hydroxylation is 2. The Bertz CT molecular complexity index is 455. The van der Waals surface area contributed by atoms with E-state index in [9.17, 15) is 0 Å². The molecule has 0 spiro atoms. The predicted octanol–water partition coefficient (Wildman–Crippen LogP) is 2.20. The van der Waals surface area contributed by atoms with Gasteiger partial charge in [0, 0.05) is 30.7 Å². The number of nitrogens with zero attached hydrogens (tertiary/aromatic N) is 1. The quantitative estimate of drug-likeness (QED) is 0.769. The summed E-state index contributed by atoms with van der Waals surface area (Å²) in [6.07, 6.45) is 3.27. The second-order valence-corrected chi connectivity index (χ2v) is 3.67. The molecule has 74 valence electrons. The van der Waals surface area contributed by atoms with E-state index in [1.807, 2.05) is 0 Å². The van der Waals surface area contributed by atoms with Gasteiger partial charge in [0.1, 0.15) is 0 Å². The second-order valence-electron chi connectivity index (χ2n) is 3.67. The Morgan fingerprint density at radius 3 is 2.79 bits per heavy atom. The number of rotatable bonds is 2. The molecule has 1 heterocycles. The zero-order valence-corrected chi connectivity index (χ0v) is 8.75. The molecule has 0 saturated heterocycles. The highest BCUT2D eigenvalue weighted by molar-refractivity contribution is 5.84. The standard InChI is InChI=1S/C12H16N2/c1-3-10-8-14(2)12-5-4-9(7-13)6-11(10)12/h4-6,8H,3,7,13H2,1-2H3. The molecule has 14 heavy (non-hydrogen) atoms. The Labute approximate surface area is 84.3 Å². The average Bonchev–Trinajstić information content (AvgIpc) is 2.55. The first-order valence-electron chi connectivity index (χ1n) is 5.03. The van der Waals surface area contributed by atoms with Crippen LogP contribution in [0.1, 0.15) is 18.1 Å². The molecule has 2 heteroatoms. The molecule has 0 bridgehead atoms. The zero-order chi connectivity index (χ0) is 10.1. The molecule has 2 nitrogen and oxygen atoms in total. The maximum atomic E-state index is 5.63. The summed E-state index contributed by atoms with van der Waals surface area (Å²) < 4.78 is 2.18. The van der Waals surface area contributed by atoms with E-state index in [2.05, 4.69) is 42.9 Å². The van der Waals surface area contributed by atoms with Crippen LogP contribution >= 0.6 is 0 Å². The van der Waals surface area contributed by atoms with E-state index >= 15 is 0 Å². The van der Waals surface area contributed by atoms with Gasteiger partial charge in [0.2, 0.25) is 0 Å². The van der Waals surface area contributed by atoms with Crippen molar-refractivity contribution in [1.29, 1.82) is 0 Å². The lowest BCUT2D eigenvalue weighted by Crippen LogP contribution is -1.95. The molecule has 2 N–H and O–H groups in total. The number of aromatic nitrogens is 1. The van der Waals surface area contributed by atoms with Crippen LogP contribution in [-0.4, -0.2) is 4.57 Å². The van der Waals surface area contributed by atoms with Gasteiger partial charge in [-0.1, -0.05) is 13.0 Å². The smallest absolute Gasteiger partial charge is 0.0480 e. The molecule has 2 aromatic rings. The molecule has 0 atom stereocenters. The fourth-order valence-corrected chi connectivity index (χ4v) is 1.93. The van der Waals surface area contributed by atoms with Crippen molar-refractivity contribution in [3.05, 3.63) is 35.5 Å². The summed E-state index contributed by atoms with van der Waals surface area (Å²) in [6, 6.07) is 6.45. The summed E-state index contributed by atoms with van der Waals surface area (Å²) in [5.41, 5.74) is 9.53. The molecule has 1 aromatic heterocycles. The van der Waals surface area contributed by atoms with Gasteiger partial charge in [-0.3, -0.25) is 0 Å². The van der Waals surface area contributed by atoms with Crippen LogP contribution in [0.2, 0.25) is 0 Å². The Balaban J connectivity index is 2.71.